The lowest BCUT2D eigenvalue weighted by Crippen LogP contribution is -2.47. The van der Waals surface area contributed by atoms with E-state index < -0.39 is 30.2 Å². The second-order valence-corrected chi connectivity index (χ2v) is 8.14. The van der Waals surface area contributed by atoms with Crippen LogP contribution in [0.5, 0.6) is 11.5 Å². The molecule has 1 N–H and O–H groups in total. The zero-order valence-electron chi connectivity index (χ0n) is 20.8. The van der Waals surface area contributed by atoms with E-state index in [1.807, 2.05) is 48.5 Å². The Bertz CT molecular complexity index is 1200. The fourth-order valence-corrected chi connectivity index (χ4v) is 3.53. The summed E-state index contributed by atoms with van der Waals surface area (Å²) in [4.78, 5) is 38.0. The van der Waals surface area contributed by atoms with Crippen LogP contribution in [0, 0.1) is 0 Å². The van der Waals surface area contributed by atoms with Crippen molar-refractivity contribution in [3.8, 4) is 11.5 Å². The first-order valence-corrected chi connectivity index (χ1v) is 11.5. The Kier molecular flexibility index (Phi) is 9.62. The van der Waals surface area contributed by atoms with Crippen LogP contribution in [0.3, 0.4) is 0 Å². The minimum atomic E-state index is -1.53. The van der Waals surface area contributed by atoms with Crippen LogP contribution < -0.4 is 9.47 Å². The Hall–Kier alpha value is -4.37. The number of esters is 2. The van der Waals surface area contributed by atoms with Gasteiger partial charge < -0.3 is 24.1 Å². The van der Waals surface area contributed by atoms with Crippen LogP contribution >= 0.6 is 0 Å². The van der Waals surface area contributed by atoms with Gasteiger partial charge in [0.2, 0.25) is 0 Å². The van der Waals surface area contributed by atoms with Gasteiger partial charge in [0.05, 0.1) is 7.11 Å². The molecule has 3 rings (SSSR count). The largest absolute Gasteiger partial charge is 0.485 e. The van der Waals surface area contributed by atoms with Gasteiger partial charge in [0.1, 0.15) is 19.3 Å². The number of ether oxygens (including phenoxy) is 4. The molecule has 0 heterocycles. The van der Waals surface area contributed by atoms with Crippen molar-refractivity contribution in [2.24, 2.45) is 0 Å². The summed E-state index contributed by atoms with van der Waals surface area (Å²) >= 11 is 0. The highest BCUT2D eigenvalue weighted by molar-refractivity contribution is 5.82. The fourth-order valence-electron chi connectivity index (χ4n) is 3.53. The van der Waals surface area contributed by atoms with E-state index in [-0.39, 0.29) is 30.3 Å². The van der Waals surface area contributed by atoms with E-state index in [0.717, 1.165) is 23.1 Å². The number of methoxy groups -OCH3 is 1. The summed E-state index contributed by atoms with van der Waals surface area (Å²) in [7, 11) is 2.47. The van der Waals surface area contributed by atoms with Gasteiger partial charge in [-0.05, 0) is 28.8 Å². The van der Waals surface area contributed by atoms with Crippen molar-refractivity contribution in [2.75, 3.05) is 14.2 Å². The van der Waals surface area contributed by atoms with E-state index in [1.165, 1.54) is 32.2 Å². The van der Waals surface area contributed by atoms with Gasteiger partial charge in [-0.2, -0.15) is 0 Å². The van der Waals surface area contributed by atoms with Gasteiger partial charge >= 0.3 is 18.0 Å². The average Bonchev–Trinajstić information content (AvgIpc) is 2.91. The van der Waals surface area contributed by atoms with E-state index in [4.69, 9.17) is 18.9 Å². The zero-order valence-corrected chi connectivity index (χ0v) is 20.8. The molecule has 0 aliphatic rings. The second kappa shape index (κ2) is 13.1. The molecule has 0 saturated carbocycles. The Labute approximate surface area is 215 Å². The van der Waals surface area contributed by atoms with E-state index in [2.05, 4.69) is 0 Å². The van der Waals surface area contributed by atoms with Gasteiger partial charge in [-0.1, -0.05) is 66.7 Å². The van der Waals surface area contributed by atoms with Gasteiger partial charge in [-0.25, -0.2) is 9.59 Å². The Balaban J connectivity index is 1.81. The van der Waals surface area contributed by atoms with Crippen LogP contribution in [0.15, 0.2) is 78.9 Å². The van der Waals surface area contributed by atoms with Crippen molar-refractivity contribution in [2.45, 2.75) is 32.3 Å². The monoisotopic (exact) mass is 507 g/mol. The molecule has 0 aliphatic heterocycles. The maximum Gasteiger partial charge on any atom is 0.410 e. The molecule has 0 unspecified atom stereocenters. The third-order valence-electron chi connectivity index (χ3n) is 5.45. The van der Waals surface area contributed by atoms with Gasteiger partial charge in [0.25, 0.3) is 0 Å². The molecule has 0 bridgehead atoms. The van der Waals surface area contributed by atoms with Crippen LogP contribution in [0.25, 0.3) is 0 Å². The number of hydrogen-bond acceptors (Lipinski definition) is 8. The molecule has 1 amide bonds. The minimum Gasteiger partial charge on any atom is -0.485 e. The summed E-state index contributed by atoms with van der Waals surface area (Å²) in [6.07, 6.45) is -2.36. The average molecular weight is 508 g/mol. The molecular formula is C28H29NO8. The molecule has 9 nitrogen and oxygen atoms in total. The molecule has 0 aromatic heterocycles. The molecule has 0 saturated heterocycles. The van der Waals surface area contributed by atoms with Crippen molar-refractivity contribution in [1.82, 2.24) is 4.90 Å². The zero-order chi connectivity index (χ0) is 26.8. The number of aliphatic hydroxyl groups excluding tert-OH is 1. The second-order valence-electron chi connectivity index (χ2n) is 8.14. The van der Waals surface area contributed by atoms with Crippen molar-refractivity contribution in [3.63, 3.8) is 0 Å². The Morgan fingerprint density at radius 1 is 0.865 bits per heavy atom. The number of nitrogens with zero attached hydrogens (tertiary/aromatic N) is 1. The van der Waals surface area contributed by atoms with Crippen molar-refractivity contribution >= 4 is 18.0 Å². The summed E-state index contributed by atoms with van der Waals surface area (Å²) in [5.41, 5.74) is 1.86. The highest BCUT2D eigenvalue weighted by atomic mass is 16.6. The predicted molar refractivity (Wildman–Crippen MR) is 134 cm³/mol. The molecule has 2 atom stereocenters. The topological polar surface area (TPSA) is 112 Å². The number of amides is 1. The van der Waals surface area contributed by atoms with Gasteiger partial charge in [-0.3, -0.25) is 9.69 Å². The van der Waals surface area contributed by atoms with E-state index >= 15 is 0 Å². The molecule has 3 aromatic rings. The maximum atomic E-state index is 12.7. The van der Waals surface area contributed by atoms with Crippen LogP contribution in [-0.2, 0) is 32.3 Å². The first kappa shape index (κ1) is 27.2. The highest BCUT2D eigenvalue weighted by Gasteiger charge is 2.36. The van der Waals surface area contributed by atoms with E-state index in [0.29, 0.717) is 0 Å². The van der Waals surface area contributed by atoms with E-state index in [1.54, 1.807) is 12.1 Å². The predicted octanol–water partition coefficient (Wildman–Crippen LogP) is 4.03. The summed E-state index contributed by atoms with van der Waals surface area (Å²) in [6, 6.07) is 21.4. The molecule has 0 spiro atoms. The summed E-state index contributed by atoms with van der Waals surface area (Å²) in [5, 5.41) is 11.1. The number of hydrogen-bond donors (Lipinski definition) is 1. The lowest BCUT2D eigenvalue weighted by Gasteiger charge is -2.29. The summed E-state index contributed by atoms with van der Waals surface area (Å²) < 4.78 is 21.2. The summed E-state index contributed by atoms with van der Waals surface area (Å²) in [6.45, 7) is 1.44. The van der Waals surface area contributed by atoms with Crippen molar-refractivity contribution < 1.29 is 38.4 Å². The van der Waals surface area contributed by atoms with Gasteiger partial charge in [-0.15, -0.1) is 0 Å². The molecule has 0 radical (unpaired) electrons. The molecule has 194 valence electrons. The van der Waals surface area contributed by atoms with Crippen LogP contribution in [0.1, 0.15) is 29.7 Å². The molecule has 0 aliphatic carbocycles. The SMILES string of the molecule is COC(=O)[C@H]([C@H](O)c1ccc(OCc2ccccc2)c(OC(C)=O)c1)N(C)C(=O)OCc1ccccc1. The lowest BCUT2D eigenvalue weighted by atomic mass is 10.0. The highest BCUT2D eigenvalue weighted by Crippen LogP contribution is 2.33. The van der Waals surface area contributed by atoms with Gasteiger partial charge in [0, 0.05) is 14.0 Å². The normalized spacial score (nSPS) is 12.1. The third-order valence-corrected chi connectivity index (χ3v) is 5.45. The first-order valence-electron chi connectivity index (χ1n) is 11.5. The number of aliphatic hydroxyl groups is 1. The molecule has 0 fully saturated rings. The standard InChI is InChI=1S/C28H29NO8/c1-19(30)37-24-16-22(14-15-23(24)35-17-20-10-6-4-7-11-20)26(31)25(27(32)34-3)29(2)28(33)36-18-21-12-8-5-9-13-21/h4-16,25-26,31H,17-18H2,1-3H3/t25-,26+/m0/s1. The van der Waals surface area contributed by atoms with Crippen molar-refractivity contribution in [3.05, 3.63) is 95.6 Å². The first-order chi connectivity index (χ1) is 17.8. The van der Waals surface area contributed by atoms with Crippen molar-refractivity contribution in [1.29, 1.82) is 0 Å². The lowest BCUT2D eigenvalue weighted by molar-refractivity contribution is -0.150. The fraction of sp³-hybridized carbons (Fsp3) is 0.250. The maximum absolute atomic E-state index is 12.7. The number of rotatable bonds is 10. The number of carbonyl (C=O) groups is 3. The summed E-state index contributed by atoms with van der Waals surface area (Å²) in [5.74, 6) is -1.13. The van der Waals surface area contributed by atoms with Crippen LogP contribution in [0.2, 0.25) is 0 Å². The molecular weight excluding hydrogens is 478 g/mol. The van der Waals surface area contributed by atoms with Crippen LogP contribution in [-0.4, -0.2) is 48.2 Å². The number of likely N-dealkylation sites (N-methyl/N-ethyl adjacent to an activating group) is 1. The Morgan fingerprint density at radius 3 is 2.03 bits per heavy atom. The van der Waals surface area contributed by atoms with Gasteiger partial charge in [0.15, 0.2) is 17.5 Å². The minimum absolute atomic E-state index is 0.0158. The number of benzene rings is 3. The molecule has 37 heavy (non-hydrogen) atoms. The molecule has 3 aromatic carbocycles. The van der Waals surface area contributed by atoms with E-state index in [9.17, 15) is 19.5 Å². The van der Waals surface area contributed by atoms with Crippen LogP contribution in [0.4, 0.5) is 4.79 Å². The quantitative estimate of drug-likeness (QED) is 0.323. The Morgan fingerprint density at radius 2 is 1.46 bits per heavy atom. The smallest absolute Gasteiger partial charge is 0.410 e. The molecule has 9 heteroatoms. The third kappa shape index (κ3) is 7.55. The number of carbonyl (C=O) groups excluding carboxylic acids is 3.